The lowest BCUT2D eigenvalue weighted by molar-refractivity contribution is -0.144. The van der Waals surface area contributed by atoms with E-state index in [1.165, 1.54) is 0 Å². The smallest absolute Gasteiger partial charge is 0.250 e. The predicted molar refractivity (Wildman–Crippen MR) is 289 cm³/mol. The standard InChI is InChI=1S/C53H78N17O6P/c1-33-16-15-22-40(57-48(72)35(3)55-5)53(76)70-43(33)25-26-45(70)49(73)58-46(36-17-7-6-8-18-36)41-31-67(64-61-41)29-14-13-28-66-30-37(60-63-66)19-11-12-27-68-32-42(62-65-68)51(77)59-50(74)44-24-23-38-20-9-10-21-39(52(75)69(38)44)56-47(71)34(2)54-4/h6-8,17-18,30-32,34-35,38-40,44-46,51,54-55H,9-16,19-29,77H2,1-5H3,(H,56,71)(H,57,72)(H,58,73)(H,59,74)/t34-,35-,38-,39-,40?,44-,45-,46-,51-/m0/s1. The summed E-state index contributed by atoms with van der Waals surface area (Å²) in [5, 5.41) is 44.3. The van der Waals surface area contributed by atoms with Gasteiger partial charge in [0.1, 0.15) is 35.6 Å². The third-order valence-corrected chi connectivity index (χ3v) is 16.2. The molecular formula is C53H78N17O6P. The van der Waals surface area contributed by atoms with E-state index in [-0.39, 0.29) is 41.5 Å². The maximum absolute atomic E-state index is 14.3. The number of carbonyl (C=O) groups excluding carboxylic acids is 6. The second-order valence-electron chi connectivity index (χ2n) is 21.1. The fourth-order valence-corrected chi connectivity index (χ4v) is 11.2. The van der Waals surface area contributed by atoms with Gasteiger partial charge in [0.15, 0.2) is 0 Å². The van der Waals surface area contributed by atoms with Crippen molar-refractivity contribution in [3.05, 3.63) is 82.8 Å². The molecule has 2 unspecified atom stereocenters. The molecule has 3 fully saturated rings. The minimum Gasteiger partial charge on any atom is -0.343 e. The number of aryl methyl sites for hydroxylation is 4. The van der Waals surface area contributed by atoms with E-state index in [2.05, 4.69) is 72.1 Å². The Morgan fingerprint density at radius 3 is 1.92 bits per heavy atom. The maximum Gasteiger partial charge on any atom is 0.250 e. The highest BCUT2D eigenvalue weighted by Gasteiger charge is 2.45. The Morgan fingerprint density at radius 1 is 0.649 bits per heavy atom. The topological polar surface area (TPSA) is 273 Å². The van der Waals surface area contributed by atoms with Crippen LogP contribution in [0.5, 0.6) is 0 Å². The van der Waals surface area contributed by atoms with Gasteiger partial charge in [0.05, 0.1) is 42.0 Å². The minimum atomic E-state index is -0.737. The average Bonchev–Trinajstić information content (AvgIpc) is 4.34. The van der Waals surface area contributed by atoms with Crippen LogP contribution in [0.3, 0.4) is 0 Å². The molecule has 0 saturated carbocycles. The zero-order valence-electron chi connectivity index (χ0n) is 45.2. The molecule has 0 aliphatic carbocycles. The Kier molecular flexibility index (Phi) is 19.7. The Morgan fingerprint density at radius 2 is 1.23 bits per heavy atom. The number of hydrogen-bond acceptors (Lipinski definition) is 14. The van der Waals surface area contributed by atoms with Crippen LogP contribution in [0.25, 0.3) is 0 Å². The van der Waals surface area contributed by atoms with E-state index >= 15 is 0 Å². The van der Waals surface area contributed by atoms with Gasteiger partial charge in [-0.2, -0.15) is 0 Å². The third-order valence-electron chi connectivity index (χ3n) is 15.7. The van der Waals surface area contributed by atoms with Crippen LogP contribution in [0.15, 0.2) is 60.2 Å². The molecule has 10 atom stereocenters. The van der Waals surface area contributed by atoms with Crippen molar-refractivity contribution in [1.29, 1.82) is 0 Å². The molecule has 0 bridgehead atoms. The van der Waals surface area contributed by atoms with Crippen molar-refractivity contribution in [3.8, 4) is 0 Å². The summed E-state index contributed by atoms with van der Waals surface area (Å²) in [5.41, 5.74) is 4.89. The number of carbonyl (C=O) groups is 6. The van der Waals surface area contributed by atoms with Crippen molar-refractivity contribution < 1.29 is 28.8 Å². The number of nitrogens with one attached hydrogen (secondary N) is 6. The Labute approximate surface area is 452 Å². The number of unbranched alkanes of at least 4 members (excludes halogenated alkanes) is 2. The molecule has 6 N–H and O–H groups in total. The second-order valence-corrected chi connectivity index (χ2v) is 21.8. The lowest BCUT2D eigenvalue weighted by Gasteiger charge is -2.35. The molecule has 77 heavy (non-hydrogen) atoms. The summed E-state index contributed by atoms with van der Waals surface area (Å²) in [7, 11) is 6.03. The molecule has 3 saturated heterocycles. The summed E-state index contributed by atoms with van der Waals surface area (Å²) in [6.07, 6.45) is 17.3. The second kappa shape index (κ2) is 26.7. The van der Waals surface area contributed by atoms with Gasteiger partial charge in [-0.25, -0.2) is 0 Å². The van der Waals surface area contributed by atoms with Gasteiger partial charge in [-0.15, -0.1) is 24.5 Å². The Bertz CT molecular complexity index is 2710. The molecule has 3 aromatic heterocycles. The molecular weight excluding hydrogens is 1000 g/mol. The molecule has 4 aromatic rings. The van der Waals surface area contributed by atoms with Crippen LogP contribution >= 0.6 is 9.24 Å². The number of allylic oxidation sites excluding steroid dienone is 2. The normalized spacial score (nSPS) is 22.4. The number of fused-ring (bicyclic) bond motifs is 2. The van der Waals surface area contributed by atoms with Crippen LogP contribution in [0.2, 0.25) is 0 Å². The van der Waals surface area contributed by atoms with Gasteiger partial charge in [-0.05, 0) is 130 Å². The van der Waals surface area contributed by atoms with E-state index in [4.69, 9.17) is 0 Å². The van der Waals surface area contributed by atoms with Gasteiger partial charge in [-0.1, -0.05) is 64.4 Å². The highest BCUT2D eigenvalue weighted by Crippen LogP contribution is 2.36. The number of amides is 6. The fraction of sp³-hybridized carbons (Fsp3) is 0.623. The van der Waals surface area contributed by atoms with Crippen LogP contribution in [-0.2, 0) is 54.8 Å². The van der Waals surface area contributed by atoms with E-state index in [1.54, 1.807) is 47.1 Å². The summed E-state index contributed by atoms with van der Waals surface area (Å²) in [5.74, 6) is -1.96. The van der Waals surface area contributed by atoms with Gasteiger partial charge < -0.3 is 41.7 Å². The van der Waals surface area contributed by atoms with E-state index in [1.807, 2.05) is 60.5 Å². The monoisotopic (exact) mass is 1080 g/mol. The SMILES string of the molecule is CN[C@@H](C)C(=O)NC1CCCC(C)=C2CC[C@@H](C(=O)N[C@@H](c3ccccc3)c3cn(CCCCn4cc(CCCCn5cc([C@H](P)NC(=O)[C@@H]6CC[C@@H]7CCCC[C@H](NC(=O)[C@H](C)NC)C(=O)N76)nn5)nn4)nn3)N2C1=O. The van der Waals surface area contributed by atoms with Gasteiger partial charge in [-0.3, -0.25) is 42.8 Å². The molecule has 4 aliphatic rings. The lowest BCUT2D eigenvalue weighted by Crippen LogP contribution is -2.57. The first-order valence-corrected chi connectivity index (χ1v) is 28.3. The zero-order valence-corrected chi connectivity index (χ0v) is 46.4. The average molecular weight is 1080 g/mol. The van der Waals surface area contributed by atoms with Crippen LogP contribution in [0.1, 0.15) is 152 Å². The summed E-state index contributed by atoms with van der Waals surface area (Å²) >= 11 is 0. The predicted octanol–water partition coefficient (Wildman–Crippen LogP) is 2.73. The molecule has 0 radical (unpaired) electrons. The van der Waals surface area contributed by atoms with E-state index in [0.29, 0.717) is 63.1 Å². The van der Waals surface area contributed by atoms with Crippen LogP contribution < -0.4 is 31.9 Å². The first kappa shape index (κ1) is 56.7. The number of hydrogen-bond donors (Lipinski definition) is 6. The van der Waals surface area contributed by atoms with Crippen molar-refractivity contribution >= 4 is 44.7 Å². The number of aromatic nitrogens is 9. The largest absolute Gasteiger partial charge is 0.343 e. The fourth-order valence-electron chi connectivity index (χ4n) is 10.9. The summed E-state index contributed by atoms with van der Waals surface area (Å²) in [6.45, 7) is 7.46. The van der Waals surface area contributed by atoms with Crippen molar-refractivity contribution in [3.63, 3.8) is 0 Å². The molecule has 4 aliphatic heterocycles. The van der Waals surface area contributed by atoms with Crippen molar-refractivity contribution in [1.82, 2.24) is 86.7 Å². The van der Waals surface area contributed by atoms with Gasteiger partial charge in [0.2, 0.25) is 35.4 Å². The van der Waals surface area contributed by atoms with Crippen molar-refractivity contribution in [2.75, 3.05) is 14.1 Å². The van der Waals surface area contributed by atoms with Crippen LogP contribution in [0, 0.1) is 0 Å². The first-order chi connectivity index (χ1) is 37.2. The summed E-state index contributed by atoms with van der Waals surface area (Å²) in [6, 6.07) is 5.35. The number of likely N-dealkylation sites (N-methyl/N-ethyl adjacent to an activating group) is 2. The molecule has 1 aromatic carbocycles. The highest BCUT2D eigenvalue weighted by molar-refractivity contribution is 7.17. The number of nitrogens with zero attached hydrogens (tertiary/aromatic N) is 11. The molecule has 23 nitrogen and oxygen atoms in total. The summed E-state index contributed by atoms with van der Waals surface area (Å²) in [4.78, 5) is 85.0. The van der Waals surface area contributed by atoms with E-state index in [9.17, 15) is 28.8 Å². The van der Waals surface area contributed by atoms with Crippen LogP contribution in [-0.4, -0.2) is 147 Å². The summed E-state index contributed by atoms with van der Waals surface area (Å²) < 4.78 is 5.42. The van der Waals surface area contributed by atoms with E-state index < -0.39 is 48.1 Å². The van der Waals surface area contributed by atoms with Crippen molar-refractivity contribution in [2.45, 2.75) is 197 Å². The van der Waals surface area contributed by atoms with Crippen molar-refractivity contribution in [2.24, 2.45) is 0 Å². The molecule has 24 heteroatoms. The quantitative estimate of drug-likeness (QED) is 0.0461. The molecule has 0 spiro atoms. The molecule has 7 heterocycles. The third kappa shape index (κ3) is 14.2. The zero-order chi connectivity index (χ0) is 54.6. The number of benzene rings is 1. The van der Waals surface area contributed by atoms with Gasteiger partial charge >= 0.3 is 0 Å². The Hall–Kier alpha value is -6.45. The van der Waals surface area contributed by atoms with E-state index in [0.717, 1.165) is 93.2 Å². The first-order valence-electron chi connectivity index (χ1n) is 27.6. The lowest BCUT2D eigenvalue weighted by atomic mass is 9.98. The minimum absolute atomic E-state index is 0.0297. The molecule has 8 rings (SSSR count). The maximum atomic E-state index is 14.3. The highest BCUT2D eigenvalue weighted by atomic mass is 31.0. The van der Waals surface area contributed by atoms with Gasteiger partial charge in [0.25, 0.3) is 0 Å². The van der Waals surface area contributed by atoms with Crippen LogP contribution in [0.4, 0.5) is 0 Å². The molecule has 416 valence electrons. The van der Waals surface area contributed by atoms with Gasteiger partial charge in [0, 0.05) is 37.6 Å². The molecule has 6 amide bonds. The number of rotatable bonds is 23. The Balaban J connectivity index is 0.772.